The summed E-state index contributed by atoms with van der Waals surface area (Å²) in [6.45, 7) is 0. The predicted octanol–water partition coefficient (Wildman–Crippen LogP) is 6.89. The van der Waals surface area contributed by atoms with Gasteiger partial charge >= 0.3 is 12.5 Å². The number of ether oxygens (including phenoxy) is 1. The lowest BCUT2D eigenvalue weighted by Crippen LogP contribution is -2.17. The van der Waals surface area contributed by atoms with Crippen molar-refractivity contribution >= 4 is 27.3 Å². The highest BCUT2D eigenvalue weighted by Crippen LogP contribution is 2.38. The Morgan fingerprint density at radius 3 is 2.27 bits per heavy atom. The third kappa shape index (κ3) is 6.19. The van der Waals surface area contributed by atoms with E-state index < -0.39 is 36.4 Å². The van der Waals surface area contributed by atoms with E-state index in [0.717, 1.165) is 40.3 Å². The largest absolute Gasteiger partial charge is 0.573 e. The number of hydrogen-bond acceptors (Lipinski definition) is 4. The Morgan fingerprint density at radius 2 is 1.67 bits per heavy atom. The molecule has 3 rings (SSSR count). The number of carbonyl (C=O) groups excluding carboxylic acids is 1. The zero-order valence-corrected chi connectivity index (χ0v) is 16.1. The molecule has 1 atom stereocenters. The molecule has 0 aliphatic rings. The lowest BCUT2D eigenvalue weighted by atomic mass is 9.96. The van der Waals surface area contributed by atoms with Crippen LogP contribution in [-0.2, 0) is 0 Å². The number of Topliss-reactive ketones (excluding diaryl/α,β-unsaturated/α-hetero) is 1. The van der Waals surface area contributed by atoms with E-state index in [-0.39, 0.29) is 18.4 Å². The first-order chi connectivity index (χ1) is 14.0. The lowest BCUT2D eigenvalue weighted by Gasteiger charge is -2.16. The molecule has 10 heteroatoms. The molecule has 1 heterocycles. The van der Waals surface area contributed by atoms with Crippen molar-refractivity contribution in [3.05, 3.63) is 59.1 Å². The second-order valence-corrected chi connectivity index (χ2v) is 7.63. The smallest absolute Gasteiger partial charge is 0.406 e. The van der Waals surface area contributed by atoms with E-state index in [1.165, 1.54) is 0 Å². The molecule has 0 aliphatic carbocycles. The van der Waals surface area contributed by atoms with Gasteiger partial charge in [-0.25, -0.2) is 4.98 Å². The van der Waals surface area contributed by atoms with Crippen LogP contribution in [0.2, 0.25) is 0 Å². The molecule has 0 aliphatic heterocycles. The van der Waals surface area contributed by atoms with E-state index in [2.05, 4.69) is 9.72 Å². The van der Waals surface area contributed by atoms with Gasteiger partial charge in [-0.3, -0.25) is 4.79 Å². The zero-order valence-electron chi connectivity index (χ0n) is 15.3. The third-order valence-electron chi connectivity index (χ3n) is 4.27. The van der Waals surface area contributed by atoms with Crippen LogP contribution in [0.1, 0.15) is 40.5 Å². The van der Waals surface area contributed by atoms with Crippen molar-refractivity contribution in [2.75, 3.05) is 0 Å². The molecule has 0 spiro atoms. The SMILES string of the molecule is O=C(CCC(CC(F)(F)F)c1nc2ccccc2s1)c1ccc(OC(F)(F)F)cc1. The Kier molecular flexibility index (Phi) is 6.35. The number of rotatable bonds is 7. The molecule has 0 N–H and O–H groups in total. The van der Waals surface area contributed by atoms with Crippen LogP contribution in [0.25, 0.3) is 10.2 Å². The molecule has 0 saturated carbocycles. The van der Waals surface area contributed by atoms with Crippen LogP contribution in [-0.4, -0.2) is 23.3 Å². The fourth-order valence-electron chi connectivity index (χ4n) is 2.95. The van der Waals surface area contributed by atoms with Crippen LogP contribution >= 0.6 is 11.3 Å². The average molecular weight is 447 g/mol. The van der Waals surface area contributed by atoms with Gasteiger partial charge in [0, 0.05) is 17.9 Å². The summed E-state index contributed by atoms with van der Waals surface area (Å²) in [7, 11) is 0. The number of aromatic nitrogens is 1. The molecule has 2 aromatic carbocycles. The quantitative estimate of drug-likeness (QED) is 0.292. The predicted molar refractivity (Wildman–Crippen MR) is 99.7 cm³/mol. The fourth-order valence-corrected chi connectivity index (χ4v) is 4.05. The van der Waals surface area contributed by atoms with Gasteiger partial charge in [-0.15, -0.1) is 24.5 Å². The Bertz CT molecular complexity index is 978. The molecule has 1 aromatic heterocycles. The number of thiazole rings is 1. The van der Waals surface area contributed by atoms with Gasteiger partial charge in [-0.2, -0.15) is 13.2 Å². The summed E-state index contributed by atoms with van der Waals surface area (Å²) in [5.41, 5.74) is 0.691. The minimum atomic E-state index is -4.85. The Balaban J connectivity index is 1.71. The van der Waals surface area contributed by atoms with Crippen molar-refractivity contribution in [3.8, 4) is 5.75 Å². The van der Waals surface area contributed by atoms with Gasteiger partial charge in [0.15, 0.2) is 5.78 Å². The molecular formula is C20H15F6NO2S. The maximum atomic E-state index is 13.1. The fraction of sp³-hybridized carbons (Fsp3) is 0.300. The van der Waals surface area contributed by atoms with Crippen LogP contribution in [0, 0.1) is 0 Å². The minimum Gasteiger partial charge on any atom is -0.406 e. The van der Waals surface area contributed by atoms with Crippen LogP contribution in [0.3, 0.4) is 0 Å². The monoisotopic (exact) mass is 447 g/mol. The van der Waals surface area contributed by atoms with Gasteiger partial charge in [0.2, 0.25) is 0 Å². The molecule has 0 radical (unpaired) electrons. The van der Waals surface area contributed by atoms with Gasteiger partial charge in [-0.05, 0) is 42.8 Å². The van der Waals surface area contributed by atoms with E-state index in [4.69, 9.17) is 0 Å². The molecule has 1 unspecified atom stereocenters. The molecule has 0 saturated heterocycles. The maximum Gasteiger partial charge on any atom is 0.573 e. The lowest BCUT2D eigenvalue weighted by molar-refractivity contribution is -0.274. The topological polar surface area (TPSA) is 39.2 Å². The first kappa shape index (κ1) is 22.1. The highest BCUT2D eigenvalue weighted by molar-refractivity contribution is 7.18. The molecule has 30 heavy (non-hydrogen) atoms. The standard InChI is InChI=1S/C20H15F6NO2S/c21-19(22,23)11-13(18-27-15-3-1-2-4-17(15)30-18)7-10-16(28)12-5-8-14(9-6-12)29-20(24,25)26/h1-6,8-9,13H,7,10-11H2. The molecular weight excluding hydrogens is 432 g/mol. The third-order valence-corrected chi connectivity index (χ3v) is 5.47. The molecule has 0 amide bonds. The summed E-state index contributed by atoms with van der Waals surface area (Å²) in [6, 6.07) is 11.2. The normalized spacial score (nSPS) is 13.4. The number of para-hydroxylation sites is 1. The first-order valence-electron chi connectivity index (χ1n) is 8.81. The minimum absolute atomic E-state index is 0.0844. The number of ketones is 1. The van der Waals surface area contributed by atoms with E-state index in [1.54, 1.807) is 24.3 Å². The number of benzene rings is 2. The molecule has 3 aromatic rings. The second-order valence-electron chi connectivity index (χ2n) is 6.57. The summed E-state index contributed by atoms with van der Waals surface area (Å²) in [5, 5.41) is 0.301. The number of carbonyl (C=O) groups is 1. The molecule has 160 valence electrons. The van der Waals surface area contributed by atoms with Gasteiger partial charge in [-0.1, -0.05) is 12.1 Å². The van der Waals surface area contributed by atoms with Crippen molar-refractivity contribution in [1.29, 1.82) is 0 Å². The first-order valence-corrected chi connectivity index (χ1v) is 9.63. The summed E-state index contributed by atoms with van der Waals surface area (Å²) in [6.07, 6.45) is -10.7. The summed E-state index contributed by atoms with van der Waals surface area (Å²) in [5.74, 6) is -1.94. The van der Waals surface area contributed by atoms with Gasteiger partial charge < -0.3 is 4.74 Å². The Labute approximate surface area is 171 Å². The van der Waals surface area contributed by atoms with Crippen LogP contribution in [0.4, 0.5) is 26.3 Å². The van der Waals surface area contributed by atoms with Gasteiger partial charge in [0.05, 0.1) is 21.6 Å². The van der Waals surface area contributed by atoms with E-state index in [0.29, 0.717) is 10.5 Å². The van der Waals surface area contributed by atoms with E-state index in [1.807, 2.05) is 0 Å². The van der Waals surface area contributed by atoms with Crippen molar-refractivity contribution in [3.63, 3.8) is 0 Å². The van der Waals surface area contributed by atoms with Crippen LogP contribution < -0.4 is 4.74 Å². The summed E-state index contributed by atoms with van der Waals surface area (Å²) >= 11 is 1.16. The Hall–Kier alpha value is -2.62. The number of hydrogen-bond donors (Lipinski definition) is 0. The maximum absolute atomic E-state index is 13.1. The number of halogens is 6. The van der Waals surface area contributed by atoms with Crippen molar-refractivity contribution in [1.82, 2.24) is 4.98 Å². The van der Waals surface area contributed by atoms with Crippen LogP contribution in [0.5, 0.6) is 5.75 Å². The molecule has 0 bridgehead atoms. The Morgan fingerprint density at radius 1 is 1.00 bits per heavy atom. The molecule has 0 fully saturated rings. The summed E-state index contributed by atoms with van der Waals surface area (Å²) < 4.78 is 80.3. The number of alkyl halides is 6. The average Bonchev–Trinajstić information content (AvgIpc) is 3.07. The second kappa shape index (κ2) is 8.63. The van der Waals surface area contributed by atoms with Gasteiger partial charge in [0.1, 0.15) is 5.75 Å². The van der Waals surface area contributed by atoms with Crippen molar-refractivity contribution in [2.24, 2.45) is 0 Å². The van der Waals surface area contributed by atoms with Crippen molar-refractivity contribution < 1.29 is 35.9 Å². The van der Waals surface area contributed by atoms with E-state index in [9.17, 15) is 31.1 Å². The van der Waals surface area contributed by atoms with Crippen LogP contribution in [0.15, 0.2) is 48.5 Å². The summed E-state index contributed by atoms with van der Waals surface area (Å²) in [4.78, 5) is 16.6. The van der Waals surface area contributed by atoms with Gasteiger partial charge in [0.25, 0.3) is 0 Å². The number of nitrogens with zero attached hydrogens (tertiary/aromatic N) is 1. The number of fused-ring (bicyclic) bond motifs is 1. The highest BCUT2D eigenvalue weighted by Gasteiger charge is 2.34. The zero-order chi connectivity index (χ0) is 21.9. The highest BCUT2D eigenvalue weighted by atomic mass is 32.1. The van der Waals surface area contributed by atoms with E-state index >= 15 is 0 Å². The van der Waals surface area contributed by atoms with Crippen molar-refractivity contribution in [2.45, 2.75) is 37.7 Å². The molecule has 3 nitrogen and oxygen atoms in total.